The van der Waals surface area contributed by atoms with Gasteiger partial charge >= 0.3 is 0 Å². The number of carbonyl (C=O) groups excluding carboxylic acids is 1. The third-order valence-electron chi connectivity index (χ3n) is 2.90. The molecule has 0 saturated carbocycles. The average molecular weight is 305 g/mol. The first kappa shape index (κ1) is 16.1. The highest BCUT2D eigenvalue weighted by Crippen LogP contribution is 2.15. The SMILES string of the molecule is C[C@H]1CN(C(=O)COc2ccc(Cl)cc2)CCN1.Cl. The Morgan fingerprint density at radius 3 is 2.79 bits per heavy atom. The lowest BCUT2D eigenvalue weighted by atomic mass is 10.2. The molecule has 6 heteroatoms. The van der Waals surface area contributed by atoms with Crippen molar-refractivity contribution in [2.45, 2.75) is 13.0 Å². The monoisotopic (exact) mass is 304 g/mol. The van der Waals surface area contributed by atoms with Crippen molar-refractivity contribution in [2.75, 3.05) is 26.2 Å². The van der Waals surface area contributed by atoms with E-state index in [9.17, 15) is 4.79 Å². The third kappa shape index (κ3) is 4.90. The number of carbonyl (C=O) groups is 1. The molecule has 0 aliphatic carbocycles. The minimum absolute atomic E-state index is 0. The van der Waals surface area contributed by atoms with Gasteiger partial charge in [0.2, 0.25) is 0 Å². The fourth-order valence-corrected chi connectivity index (χ4v) is 2.05. The number of hydrogen-bond acceptors (Lipinski definition) is 3. The van der Waals surface area contributed by atoms with Crippen LogP contribution in [0.2, 0.25) is 5.02 Å². The standard InChI is InChI=1S/C13H17ClN2O2.ClH/c1-10-8-16(7-6-15-10)13(17)9-18-12-4-2-11(14)3-5-12;/h2-5,10,15H,6-9H2,1H3;1H/t10-;/m0./s1. The minimum atomic E-state index is 0. The summed E-state index contributed by atoms with van der Waals surface area (Å²) in [7, 11) is 0. The normalized spacial score (nSPS) is 18.6. The van der Waals surface area contributed by atoms with Crippen molar-refractivity contribution in [2.24, 2.45) is 0 Å². The molecule has 4 nitrogen and oxygen atoms in total. The van der Waals surface area contributed by atoms with Crippen molar-refractivity contribution >= 4 is 29.9 Å². The van der Waals surface area contributed by atoms with Gasteiger partial charge < -0.3 is 15.0 Å². The summed E-state index contributed by atoms with van der Waals surface area (Å²) in [5, 5.41) is 3.95. The van der Waals surface area contributed by atoms with Crippen LogP contribution < -0.4 is 10.1 Å². The van der Waals surface area contributed by atoms with Crippen LogP contribution in [-0.2, 0) is 4.79 Å². The number of rotatable bonds is 3. The van der Waals surface area contributed by atoms with E-state index < -0.39 is 0 Å². The molecule has 1 aliphatic heterocycles. The molecule has 0 bridgehead atoms. The molecule has 2 rings (SSSR count). The van der Waals surface area contributed by atoms with Crippen molar-refractivity contribution in [1.82, 2.24) is 10.2 Å². The van der Waals surface area contributed by atoms with Crippen molar-refractivity contribution in [3.63, 3.8) is 0 Å². The Kier molecular flexibility index (Phi) is 6.42. The molecule has 0 aromatic heterocycles. The van der Waals surface area contributed by atoms with Gasteiger partial charge in [-0.25, -0.2) is 0 Å². The van der Waals surface area contributed by atoms with Crippen LogP contribution in [0, 0.1) is 0 Å². The van der Waals surface area contributed by atoms with Crippen LogP contribution in [0.1, 0.15) is 6.92 Å². The Bertz CT molecular complexity index is 412. The number of nitrogens with one attached hydrogen (secondary N) is 1. The van der Waals surface area contributed by atoms with E-state index in [1.807, 2.05) is 4.90 Å². The maximum absolute atomic E-state index is 11.9. The Morgan fingerprint density at radius 1 is 1.47 bits per heavy atom. The highest BCUT2D eigenvalue weighted by Gasteiger charge is 2.20. The number of ether oxygens (including phenoxy) is 1. The predicted molar refractivity (Wildman–Crippen MR) is 78.2 cm³/mol. The van der Waals surface area contributed by atoms with Gasteiger partial charge in [0.25, 0.3) is 5.91 Å². The first-order chi connectivity index (χ1) is 8.65. The zero-order valence-corrected chi connectivity index (χ0v) is 12.3. The van der Waals surface area contributed by atoms with Crippen LogP contribution in [0.15, 0.2) is 24.3 Å². The first-order valence-electron chi connectivity index (χ1n) is 6.04. The van der Waals surface area contributed by atoms with Crippen molar-refractivity contribution in [3.8, 4) is 5.75 Å². The van der Waals surface area contributed by atoms with Gasteiger partial charge in [0.05, 0.1) is 0 Å². The van der Waals surface area contributed by atoms with E-state index in [0.29, 0.717) is 16.8 Å². The van der Waals surface area contributed by atoms with E-state index in [2.05, 4.69) is 12.2 Å². The molecule has 1 amide bonds. The van der Waals surface area contributed by atoms with Crippen molar-refractivity contribution in [1.29, 1.82) is 0 Å². The fraction of sp³-hybridized carbons (Fsp3) is 0.462. The molecular weight excluding hydrogens is 287 g/mol. The summed E-state index contributed by atoms with van der Waals surface area (Å²) in [4.78, 5) is 13.8. The van der Waals surface area contributed by atoms with E-state index in [4.69, 9.17) is 16.3 Å². The summed E-state index contributed by atoms with van der Waals surface area (Å²) < 4.78 is 5.44. The van der Waals surface area contributed by atoms with Crippen LogP contribution >= 0.6 is 24.0 Å². The molecule has 106 valence electrons. The van der Waals surface area contributed by atoms with Gasteiger partial charge in [0.1, 0.15) is 5.75 Å². The highest BCUT2D eigenvalue weighted by molar-refractivity contribution is 6.30. The first-order valence-corrected chi connectivity index (χ1v) is 6.42. The molecule has 0 radical (unpaired) electrons. The molecule has 1 heterocycles. The maximum Gasteiger partial charge on any atom is 0.260 e. The molecule has 0 unspecified atom stereocenters. The van der Waals surface area contributed by atoms with E-state index in [0.717, 1.165) is 19.6 Å². The molecule has 1 aliphatic rings. The topological polar surface area (TPSA) is 41.6 Å². The third-order valence-corrected chi connectivity index (χ3v) is 3.15. The van der Waals surface area contributed by atoms with Gasteiger partial charge in [-0.3, -0.25) is 4.79 Å². The Morgan fingerprint density at radius 2 is 2.16 bits per heavy atom. The Labute approximate surface area is 124 Å². The van der Waals surface area contributed by atoms with Gasteiger partial charge in [0.15, 0.2) is 6.61 Å². The summed E-state index contributed by atoms with van der Waals surface area (Å²) in [5.41, 5.74) is 0. The lowest BCUT2D eigenvalue weighted by molar-refractivity contribution is -0.134. The lowest BCUT2D eigenvalue weighted by Gasteiger charge is -2.31. The summed E-state index contributed by atoms with van der Waals surface area (Å²) >= 11 is 5.77. The van der Waals surface area contributed by atoms with Gasteiger partial charge in [0, 0.05) is 30.7 Å². The van der Waals surface area contributed by atoms with Crippen LogP contribution in [0.5, 0.6) is 5.75 Å². The summed E-state index contributed by atoms with van der Waals surface area (Å²) in [6.07, 6.45) is 0. The molecule has 1 fully saturated rings. The largest absolute Gasteiger partial charge is 0.484 e. The van der Waals surface area contributed by atoms with Crippen LogP contribution in [0.4, 0.5) is 0 Å². The average Bonchev–Trinajstić information content (AvgIpc) is 2.38. The van der Waals surface area contributed by atoms with Gasteiger partial charge in [-0.15, -0.1) is 12.4 Å². The number of benzene rings is 1. The predicted octanol–water partition coefficient (Wildman–Crippen LogP) is 1.96. The summed E-state index contributed by atoms with van der Waals surface area (Å²) in [6, 6.07) is 7.35. The van der Waals surface area contributed by atoms with Gasteiger partial charge in [-0.2, -0.15) is 0 Å². The van der Waals surface area contributed by atoms with Gasteiger partial charge in [-0.05, 0) is 31.2 Å². The number of amides is 1. The zero-order valence-electron chi connectivity index (χ0n) is 10.8. The number of piperazine rings is 1. The molecule has 1 saturated heterocycles. The van der Waals surface area contributed by atoms with Gasteiger partial charge in [-0.1, -0.05) is 11.6 Å². The molecule has 0 spiro atoms. The molecule has 1 atom stereocenters. The zero-order chi connectivity index (χ0) is 13.0. The van der Waals surface area contributed by atoms with Crippen molar-refractivity contribution in [3.05, 3.63) is 29.3 Å². The Balaban J connectivity index is 0.00000180. The maximum atomic E-state index is 11.9. The van der Waals surface area contributed by atoms with E-state index >= 15 is 0 Å². The summed E-state index contributed by atoms with van der Waals surface area (Å²) in [5.74, 6) is 0.689. The second kappa shape index (κ2) is 7.58. The van der Waals surface area contributed by atoms with E-state index in [1.165, 1.54) is 0 Å². The number of hydrogen-bond donors (Lipinski definition) is 1. The minimum Gasteiger partial charge on any atom is -0.484 e. The molecule has 1 N–H and O–H groups in total. The van der Waals surface area contributed by atoms with Crippen LogP contribution in [0.25, 0.3) is 0 Å². The second-order valence-corrected chi connectivity index (χ2v) is 4.87. The van der Waals surface area contributed by atoms with E-state index in [1.54, 1.807) is 24.3 Å². The van der Waals surface area contributed by atoms with Crippen molar-refractivity contribution < 1.29 is 9.53 Å². The molecule has 19 heavy (non-hydrogen) atoms. The molecular formula is C13H18Cl2N2O2. The fourth-order valence-electron chi connectivity index (χ4n) is 1.93. The van der Waals surface area contributed by atoms with E-state index in [-0.39, 0.29) is 24.9 Å². The lowest BCUT2D eigenvalue weighted by Crippen LogP contribution is -2.52. The number of nitrogens with zero attached hydrogens (tertiary/aromatic N) is 1. The smallest absolute Gasteiger partial charge is 0.260 e. The quantitative estimate of drug-likeness (QED) is 0.928. The Hall–Kier alpha value is -0.970. The molecule has 1 aromatic carbocycles. The van der Waals surface area contributed by atoms with Crippen LogP contribution in [0.3, 0.4) is 0 Å². The number of halogens is 2. The van der Waals surface area contributed by atoms with Crippen LogP contribution in [-0.4, -0.2) is 43.1 Å². The molecule has 1 aromatic rings. The summed E-state index contributed by atoms with van der Waals surface area (Å²) in [6.45, 7) is 4.47. The second-order valence-electron chi connectivity index (χ2n) is 4.44. The highest BCUT2D eigenvalue weighted by atomic mass is 35.5.